The van der Waals surface area contributed by atoms with Crippen LogP contribution in [0.3, 0.4) is 0 Å². The quantitative estimate of drug-likeness (QED) is 0.770. The molecule has 0 bridgehead atoms. The number of aliphatic hydroxyl groups is 1. The molecular formula is C15H20N2O5S. The molecule has 1 heterocycles. The van der Waals surface area contributed by atoms with E-state index < -0.39 is 21.5 Å². The van der Waals surface area contributed by atoms with Crippen molar-refractivity contribution in [3.05, 3.63) is 24.3 Å². The lowest BCUT2D eigenvalue weighted by Gasteiger charge is -2.28. The van der Waals surface area contributed by atoms with Crippen LogP contribution in [0.2, 0.25) is 0 Å². The van der Waals surface area contributed by atoms with Gasteiger partial charge in [0.1, 0.15) is 5.75 Å². The van der Waals surface area contributed by atoms with Crippen molar-refractivity contribution in [1.29, 1.82) is 0 Å². The molecule has 0 radical (unpaired) electrons. The zero-order chi connectivity index (χ0) is 16.7. The first-order valence-corrected chi connectivity index (χ1v) is 9.02. The Morgan fingerprint density at radius 2 is 2.00 bits per heavy atom. The van der Waals surface area contributed by atoms with Crippen LogP contribution < -0.4 is 10.5 Å². The number of benzene rings is 1. The van der Waals surface area contributed by atoms with Crippen LogP contribution in [0.1, 0.15) is 25.7 Å². The second-order valence-electron chi connectivity index (χ2n) is 6.10. The van der Waals surface area contributed by atoms with Crippen molar-refractivity contribution in [2.45, 2.75) is 42.2 Å². The molecule has 1 saturated heterocycles. The molecule has 2 aliphatic rings. The van der Waals surface area contributed by atoms with Crippen LogP contribution in [0.5, 0.6) is 5.75 Å². The molecule has 1 aliphatic carbocycles. The minimum Gasteiger partial charge on any atom is -0.484 e. The van der Waals surface area contributed by atoms with E-state index in [9.17, 15) is 18.3 Å². The van der Waals surface area contributed by atoms with E-state index in [0.717, 1.165) is 6.42 Å². The van der Waals surface area contributed by atoms with Crippen molar-refractivity contribution >= 4 is 15.9 Å². The maximum absolute atomic E-state index is 12.8. The van der Waals surface area contributed by atoms with Gasteiger partial charge < -0.3 is 15.6 Å². The van der Waals surface area contributed by atoms with Crippen LogP contribution in [0.4, 0.5) is 0 Å². The van der Waals surface area contributed by atoms with Gasteiger partial charge in [-0.25, -0.2) is 8.42 Å². The first-order chi connectivity index (χ1) is 10.8. The van der Waals surface area contributed by atoms with E-state index in [1.807, 2.05) is 0 Å². The van der Waals surface area contributed by atoms with Gasteiger partial charge >= 0.3 is 0 Å². The molecule has 1 aromatic carbocycles. The highest BCUT2D eigenvalue weighted by atomic mass is 32.2. The molecule has 7 nitrogen and oxygen atoms in total. The number of ether oxygens (including phenoxy) is 1. The number of nitrogens with two attached hydrogens (primary N) is 1. The molecule has 1 amide bonds. The number of carbonyl (C=O) groups excluding carboxylic acids is 1. The number of rotatable bonds is 6. The van der Waals surface area contributed by atoms with Gasteiger partial charge in [-0.05, 0) is 49.9 Å². The van der Waals surface area contributed by atoms with Crippen LogP contribution >= 0.6 is 0 Å². The van der Waals surface area contributed by atoms with Crippen molar-refractivity contribution < 1.29 is 23.1 Å². The van der Waals surface area contributed by atoms with Crippen LogP contribution in [0, 0.1) is 0 Å². The zero-order valence-corrected chi connectivity index (χ0v) is 13.5. The normalized spacial score (nSPS) is 23.6. The molecule has 0 aromatic heterocycles. The predicted molar refractivity (Wildman–Crippen MR) is 82.2 cm³/mol. The molecule has 2 fully saturated rings. The van der Waals surface area contributed by atoms with Gasteiger partial charge in [0.15, 0.2) is 6.61 Å². The highest BCUT2D eigenvalue weighted by Gasteiger charge is 2.54. The Labute approximate surface area is 135 Å². The molecule has 1 atom stereocenters. The summed E-state index contributed by atoms with van der Waals surface area (Å²) < 4.78 is 32.1. The summed E-state index contributed by atoms with van der Waals surface area (Å²) in [4.78, 5) is 10.8. The smallest absolute Gasteiger partial charge is 0.255 e. The molecule has 1 aromatic rings. The number of hydrogen-bond donors (Lipinski definition) is 2. The van der Waals surface area contributed by atoms with E-state index in [1.54, 1.807) is 0 Å². The number of primary amides is 1. The van der Waals surface area contributed by atoms with Gasteiger partial charge in [0.25, 0.3) is 5.91 Å². The van der Waals surface area contributed by atoms with Gasteiger partial charge in [0.2, 0.25) is 10.0 Å². The lowest BCUT2D eigenvalue weighted by Crippen LogP contribution is -2.43. The molecule has 3 rings (SSSR count). The summed E-state index contributed by atoms with van der Waals surface area (Å²) in [7, 11) is -3.65. The molecule has 0 spiro atoms. The summed E-state index contributed by atoms with van der Waals surface area (Å²) in [6.45, 7) is 0.169. The monoisotopic (exact) mass is 340 g/mol. The minimum atomic E-state index is -3.65. The summed E-state index contributed by atoms with van der Waals surface area (Å²) in [5, 5.41) is 10.3. The third-order valence-electron chi connectivity index (χ3n) is 4.40. The SMILES string of the molecule is NC(=O)COc1ccc(S(=O)(=O)N2CCCC2C2(O)CC2)cc1. The van der Waals surface area contributed by atoms with E-state index in [4.69, 9.17) is 10.5 Å². The topological polar surface area (TPSA) is 110 Å². The summed E-state index contributed by atoms with van der Waals surface area (Å²) in [5.41, 5.74) is 4.14. The highest BCUT2D eigenvalue weighted by molar-refractivity contribution is 7.89. The summed E-state index contributed by atoms with van der Waals surface area (Å²) in [6.07, 6.45) is 2.76. The first kappa shape index (κ1) is 16.2. The van der Waals surface area contributed by atoms with Gasteiger partial charge in [-0.3, -0.25) is 4.79 Å². The molecule has 23 heavy (non-hydrogen) atoms. The molecular weight excluding hydrogens is 320 g/mol. The maximum Gasteiger partial charge on any atom is 0.255 e. The largest absolute Gasteiger partial charge is 0.484 e. The Hall–Kier alpha value is -1.64. The van der Waals surface area contributed by atoms with E-state index >= 15 is 0 Å². The summed E-state index contributed by atoms with van der Waals surface area (Å²) in [6, 6.07) is 5.54. The third kappa shape index (κ3) is 3.19. The fraction of sp³-hybridized carbons (Fsp3) is 0.533. The minimum absolute atomic E-state index is 0.153. The maximum atomic E-state index is 12.8. The fourth-order valence-electron chi connectivity index (χ4n) is 3.02. The molecule has 3 N–H and O–H groups in total. The van der Waals surface area contributed by atoms with Crippen molar-refractivity contribution in [2.24, 2.45) is 5.73 Å². The Morgan fingerprint density at radius 1 is 1.35 bits per heavy atom. The third-order valence-corrected chi connectivity index (χ3v) is 6.32. The van der Waals surface area contributed by atoms with Crippen LogP contribution in [-0.2, 0) is 14.8 Å². The van der Waals surface area contributed by atoms with Crippen LogP contribution in [0.15, 0.2) is 29.2 Å². The second-order valence-corrected chi connectivity index (χ2v) is 7.99. The fourth-order valence-corrected chi connectivity index (χ4v) is 4.78. The van der Waals surface area contributed by atoms with Crippen molar-refractivity contribution in [1.82, 2.24) is 4.31 Å². The summed E-state index contributed by atoms with van der Waals surface area (Å²) >= 11 is 0. The average Bonchev–Trinajstić information content (AvgIpc) is 3.05. The van der Waals surface area contributed by atoms with Gasteiger partial charge in [-0.2, -0.15) is 4.31 Å². The number of nitrogens with zero attached hydrogens (tertiary/aromatic N) is 1. The Kier molecular flexibility index (Phi) is 4.07. The first-order valence-electron chi connectivity index (χ1n) is 7.58. The van der Waals surface area contributed by atoms with E-state index in [2.05, 4.69) is 0 Å². The molecule has 1 aliphatic heterocycles. The van der Waals surface area contributed by atoms with Crippen molar-refractivity contribution in [3.63, 3.8) is 0 Å². The number of amides is 1. The predicted octanol–water partition coefficient (Wildman–Crippen LogP) is 0.229. The van der Waals surface area contributed by atoms with Gasteiger partial charge in [-0.15, -0.1) is 0 Å². The second kappa shape index (κ2) is 5.77. The van der Waals surface area contributed by atoms with Gasteiger partial charge in [0.05, 0.1) is 16.5 Å². The van der Waals surface area contributed by atoms with E-state index in [-0.39, 0.29) is 17.5 Å². The Balaban J connectivity index is 1.78. The highest BCUT2D eigenvalue weighted by Crippen LogP contribution is 2.46. The average molecular weight is 340 g/mol. The summed E-state index contributed by atoms with van der Waals surface area (Å²) in [5.74, 6) is -0.221. The van der Waals surface area contributed by atoms with E-state index in [0.29, 0.717) is 31.6 Å². The van der Waals surface area contributed by atoms with Crippen LogP contribution in [0.25, 0.3) is 0 Å². The number of carbonyl (C=O) groups is 1. The lowest BCUT2D eigenvalue weighted by atomic mass is 10.1. The lowest BCUT2D eigenvalue weighted by molar-refractivity contribution is -0.119. The zero-order valence-electron chi connectivity index (χ0n) is 12.6. The number of hydrogen-bond acceptors (Lipinski definition) is 5. The standard InChI is InChI=1S/C15H20N2O5S/c16-14(18)10-22-11-3-5-12(6-4-11)23(20,21)17-9-1-2-13(17)15(19)7-8-15/h3-6,13,19H,1-2,7-10H2,(H2,16,18). The molecule has 8 heteroatoms. The molecule has 1 saturated carbocycles. The van der Waals surface area contributed by atoms with Gasteiger partial charge in [-0.1, -0.05) is 0 Å². The van der Waals surface area contributed by atoms with E-state index in [1.165, 1.54) is 28.6 Å². The van der Waals surface area contributed by atoms with Gasteiger partial charge in [0, 0.05) is 6.54 Å². The molecule has 126 valence electrons. The Morgan fingerprint density at radius 3 is 2.57 bits per heavy atom. The molecule has 1 unspecified atom stereocenters. The van der Waals surface area contributed by atoms with Crippen LogP contribution in [-0.4, -0.2) is 48.5 Å². The van der Waals surface area contributed by atoms with Crippen molar-refractivity contribution in [3.8, 4) is 5.75 Å². The number of sulfonamides is 1. The van der Waals surface area contributed by atoms with Crippen molar-refractivity contribution in [2.75, 3.05) is 13.2 Å². The Bertz CT molecular complexity index is 697.